The first-order valence-corrected chi connectivity index (χ1v) is 4.78. The highest BCUT2D eigenvalue weighted by atomic mass is 79.9. The van der Waals surface area contributed by atoms with E-state index >= 15 is 0 Å². The standard InChI is InChI=1S/C7H12BrNO3/c8-6-1-2-9(7(6)12)5(3-10)4-11/h5-6,10-11H,1-4H2. The van der Waals surface area contributed by atoms with Crippen LogP contribution in [0.25, 0.3) is 0 Å². The number of aliphatic hydroxyl groups is 2. The van der Waals surface area contributed by atoms with Crippen LogP contribution in [0.2, 0.25) is 0 Å². The summed E-state index contributed by atoms with van der Waals surface area (Å²) in [5.74, 6) is -0.0388. The summed E-state index contributed by atoms with van der Waals surface area (Å²) in [4.78, 5) is 12.7. The Hall–Kier alpha value is -0.130. The van der Waals surface area contributed by atoms with Gasteiger partial charge in [0.2, 0.25) is 5.91 Å². The third kappa shape index (κ3) is 1.78. The van der Waals surface area contributed by atoms with Gasteiger partial charge in [-0.1, -0.05) is 15.9 Å². The van der Waals surface area contributed by atoms with E-state index in [1.165, 1.54) is 4.90 Å². The minimum absolute atomic E-state index is 0.0388. The predicted octanol–water partition coefficient (Wildman–Crippen LogP) is -0.665. The maximum Gasteiger partial charge on any atom is 0.236 e. The molecule has 1 aliphatic heterocycles. The number of hydrogen-bond acceptors (Lipinski definition) is 3. The molecular weight excluding hydrogens is 226 g/mol. The van der Waals surface area contributed by atoms with E-state index in [0.29, 0.717) is 6.54 Å². The van der Waals surface area contributed by atoms with Crippen LogP contribution in [0.4, 0.5) is 0 Å². The molecule has 0 aromatic heterocycles. The quantitative estimate of drug-likeness (QED) is 0.641. The Kier molecular flexibility index (Phi) is 3.49. The molecule has 0 bridgehead atoms. The normalized spacial score (nSPS) is 24.2. The molecule has 1 saturated heterocycles. The van der Waals surface area contributed by atoms with Crippen LogP contribution in [0.1, 0.15) is 6.42 Å². The lowest BCUT2D eigenvalue weighted by Crippen LogP contribution is -2.42. The van der Waals surface area contributed by atoms with Crippen LogP contribution in [-0.4, -0.2) is 51.6 Å². The van der Waals surface area contributed by atoms with Crippen molar-refractivity contribution in [1.82, 2.24) is 4.90 Å². The number of carbonyl (C=O) groups is 1. The van der Waals surface area contributed by atoms with Gasteiger partial charge >= 0.3 is 0 Å². The van der Waals surface area contributed by atoms with Gasteiger partial charge in [0.25, 0.3) is 0 Å². The van der Waals surface area contributed by atoms with Crippen molar-refractivity contribution in [3.63, 3.8) is 0 Å². The van der Waals surface area contributed by atoms with Crippen LogP contribution in [-0.2, 0) is 4.79 Å². The number of aliphatic hydroxyl groups excluding tert-OH is 2. The van der Waals surface area contributed by atoms with Crippen LogP contribution >= 0.6 is 15.9 Å². The Balaban J connectivity index is 2.57. The van der Waals surface area contributed by atoms with Gasteiger partial charge in [-0.3, -0.25) is 4.79 Å². The molecule has 0 aliphatic carbocycles. The Bertz CT molecular complexity index is 172. The SMILES string of the molecule is O=C1C(Br)CCN1C(CO)CO. The minimum Gasteiger partial charge on any atom is -0.394 e. The number of carbonyl (C=O) groups excluding carboxylic acids is 1. The zero-order valence-electron chi connectivity index (χ0n) is 6.61. The van der Waals surface area contributed by atoms with Gasteiger partial charge in [-0.15, -0.1) is 0 Å². The molecule has 4 nitrogen and oxygen atoms in total. The molecule has 0 saturated carbocycles. The summed E-state index contributed by atoms with van der Waals surface area (Å²) in [6, 6.07) is -0.431. The molecule has 2 N–H and O–H groups in total. The third-order valence-electron chi connectivity index (χ3n) is 2.04. The topological polar surface area (TPSA) is 60.8 Å². The minimum atomic E-state index is -0.431. The van der Waals surface area contributed by atoms with Gasteiger partial charge in [-0.05, 0) is 6.42 Å². The number of alkyl halides is 1. The highest BCUT2D eigenvalue weighted by molar-refractivity contribution is 9.10. The summed E-state index contributed by atoms with van der Waals surface area (Å²) in [7, 11) is 0. The highest BCUT2D eigenvalue weighted by Gasteiger charge is 2.33. The van der Waals surface area contributed by atoms with Crippen molar-refractivity contribution >= 4 is 21.8 Å². The monoisotopic (exact) mass is 237 g/mol. The second kappa shape index (κ2) is 4.20. The molecule has 0 radical (unpaired) electrons. The molecule has 1 fully saturated rings. The van der Waals surface area contributed by atoms with E-state index in [0.717, 1.165) is 6.42 Å². The fourth-order valence-corrected chi connectivity index (χ4v) is 1.75. The smallest absolute Gasteiger partial charge is 0.236 e. The molecule has 1 amide bonds. The highest BCUT2D eigenvalue weighted by Crippen LogP contribution is 2.20. The Morgan fingerprint density at radius 2 is 2.17 bits per heavy atom. The molecule has 1 aliphatic rings. The molecule has 0 aromatic rings. The number of amides is 1. The number of likely N-dealkylation sites (tertiary alicyclic amines) is 1. The van der Waals surface area contributed by atoms with Crippen LogP contribution in [0.5, 0.6) is 0 Å². The van der Waals surface area contributed by atoms with E-state index in [1.54, 1.807) is 0 Å². The summed E-state index contributed by atoms with van der Waals surface area (Å²) in [6.07, 6.45) is 0.745. The second-order valence-electron chi connectivity index (χ2n) is 2.81. The zero-order valence-corrected chi connectivity index (χ0v) is 8.20. The molecule has 1 unspecified atom stereocenters. The lowest BCUT2D eigenvalue weighted by atomic mass is 10.3. The van der Waals surface area contributed by atoms with Crippen molar-refractivity contribution in [2.24, 2.45) is 0 Å². The van der Waals surface area contributed by atoms with Gasteiger partial charge in [0, 0.05) is 6.54 Å². The first-order chi connectivity index (χ1) is 5.70. The van der Waals surface area contributed by atoms with Crippen molar-refractivity contribution in [2.45, 2.75) is 17.3 Å². The molecule has 1 rings (SSSR count). The summed E-state index contributed by atoms with van der Waals surface area (Å²) < 4.78 is 0. The summed E-state index contributed by atoms with van der Waals surface area (Å²) in [5, 5.41) is 17.6. The maximum absolute atomic E-state index is 11.3. The van der Waals surface area contributed by atoms with E-state index in [9.17, 15) is 4.79 Å². The number of rotatable bonds is 3. The molecule has 0 aromatic carbocycles. The number of nitrogens with zero attached hydrogens (tertiary/aromatic N) is 1. The van der Waals surface area contributed by atoms with Gasteiger partial charge < -0.3 is 15.1 Å². The van der Waals surface area contributed by atoms with Gasteiger partial charge in [0.15, 0.2) is 0 Å². The fourth-order valence-electron chi connectivity index (χ4n) is 1.28. The van der Waals surface area contributed by atoms with Crippen molar-refractivity contribution < 1.29 is 15.0 Å². The van der Waals surface area contributed by atoms with E-state index in [-0.39, 0.29) is 23.9 Å². The number of hydrogen-bond donors (Lipinski definition) is 2. The molecule has 5 heteroatoms. The number of halogens is 1. The van der Waals surface area contributed by atoms with Crippen molar-refractivity contribution in [3.8, 4) is 0 Å². The molecule has 12 heavy (non-hydrogen) atoms. The van der Waals surface area contributed by atoms with Gasteiger partial charge in [0.1, 0.15) is 0 Å². The van der Waals surface area contributed by atoms with Gasteiger partial charge in [-0.25, -0.2) is 0 Å². The molecule has 1 heterocycles. The molecule has 70 valence electrons. The third-order valence-corrected chi connectivity index (χ3v) is 2.89. The summed E-state index contributed by atoms with van der Waals surface area (Å²) >= 11 is 3.22. The van der Waals surface area contributed by atoms with Crippen LogP contribution in [0.15, 0.2) is 0 Å². The predicted molar refractivity (Wildman–Crippen MR) is 47.0 cm³/mol. The molecular formula is C7H12BrNO3. The van der Waals surface area contributed by atoms with E-state index in [2.05, 4.69) is 15.9 Å². The average Bonchev–Trinajstić information content (AvgIpc) is 2.38. The lowest BCUT2D eigenvalue weighted by Gasteiger charge is -2.23. The van der Waals surface area contributed by atoms with E-state index < -0.39 is 6.04 Å². The lowest BCUT2D eigenvalue weighted by molar-refractivity contribution is -0.130. The van der Waals surface area contributed by atoms with Crippen LogP contribution in [0, 0.1) is 0 Å². The zero-order chi connectivity index (χ0) is 9.14. The Labute approximate surface area is 79.3 Å². The summed E-state index contributed by atoms with van der Waals surface area (Å²) in [6.45, 7) is 0.254. The first kappa shape index (κ1) is 9.95. The Morgan fingerprint density at radius 1 is 1.58 bits per heavy atom. The van der Waals surface area contributed by atoms with Gasteiger partial charge in [-0.2, -0.15) is 0 Å². The molecule has 0 spiro atoms. The fraction of sp³-hybridized carbons (Fsp3) is 0.857. The van der Waals surface area contributed by atoms with Crippen LogP contribution < -0.4 is 0 Å². The first-order valence-electron chi connectivity index (χ1n) is 3.87. The van der Waals surface area contributed by atoms with Crippen molar-refractivity contribution in [2.75, 3.05) is 19.8 Å². The second-order valence-corrected chi connectivity index (χ2v) is 3.91. The maximum atomic E-state index is 11.3. The van der Waals surface area contributed by atoms with E-state index in [1.807, 2.05) is 0 Å². The van der Waals surface area contributed by atoms with Crippen molar-refractivity contribution in [1.29, 1.82) is 0 Å². The molecule has 1 atom stereocenters. The largest absolute Gasteiger partial charge is 0.394 e. The van der Waals surface area contributed by atoms with Gasteiger partial charge in [0.05, 0.1) is 24.1 Å². The van der Waals surface area contributed by atoms with Crippen LogP contribution in [0.3, 0.4) is 0 Å². The van der Waals surface area contributed by atoms with E-state index in [4.69, 9.17) is 10.2 Å². The Morgan fingerprint density at radius 3 is 2.50 bits per heavy atom. The average molecular weight is 238 g/mol. The van der Waals surface area contributed by atoms with Crippen molar-refractivity contribution in [3.05, 3.63) is 0 Å². The summed E-state index contributed by atoms with van der Waals surface area (Å²) in [5.41, 5.74) is 0.